The van der Waals surface area contributed by atoms with Crippen molar-refractivity contribution < 1.29 is 10.0 Å². The molecule has 3 rings (SSSR count). The Kier molecular flexibility index (Phi) is 3.35. The summed E-state index contributed by atoms with van der Waals surface area (Å²) in [5, 5.41) is 15.1. The quantitative estimate of drug-likeness (QED) is 0.341. The lowest BCUT2D eigenvalue weighted by Crippen LogP contribution is -2.57. The van der Waals surface area contributed by atoms with Crippen molar-refractivity contribution in [2.75, 3.05) is 0 Å². The van der Waals surface area contributed by atoms with E-state index in [-0.39, 0.29) is 17.8 Å². The van der Waals surface area contributed by atoms with Gasteiger partial charge in [0.1, 0.15) is 5.41 Å². The fourth-order valence-corrected chi connectivity index (χ4v) is 3.47. The van der Waals surface area contributed by atoms with Crippen LogP contribution in [0.3, 0.4) is 0 Å². The molecule has 0 heterocycles. The van der Waals surface area contributed by atoms with E-state index in [0.29, 0.717) is 24.7 Å². The molecule has 0 radical (unpaired) electrons. The Hall–Kier alpha value is -2.04. The van der Waals surface area contributed by atoms with Crippen molar-refractivity contribution in [2.45, 2.75) is 38.1 Å². The largest absolute Gasteiger partial charge is 0.409 e. The molecule has 21 heavy (non-hydrogen) atoms. The van der Waals surface area contributed by atoms with Gasteiger partial charge in [0.15, 0.2) is 5.84 Å². The smallest absolute Gasteiger partial charge is 0.234 e. The molecule has 1 aromatic carbocycles. The van der Waals surface area contributed by atoms with Gasteiger partial charge in [-0.25, -0.2) is 0 Å². The van der Waals surface area contributed by atoms with Crippen LogP contribution in [0.4, 0.5) is 0 Å². The summed E-state index contributed by atoms with van der Waals surface area (Å²) in [6.45, 7) is 2.07. The van der Waals surface area contributed by atoms with Crippen molar-refractivity contribution >= 4 is 11.7 Å². The van der Waals surface area contributed by atoms with Gasteiger partial charge in [0.05, 0.1) is 0 Å². The Morgan fingerprint density at radius 3 is 2.62 bits per heavy atom. The van der Waals surface area contributed by atoms with Crippen LogP contribution in [0.5, 0.6) is 0 Å². The fraction of sp³-hybridized carbons (Fsp3) is 0.500. The third-order valence-electron chi connectivity index (χ3n) is 4.76. The van der Waals surface area contributed by atoms with E-state index in [1.54, 1.807) is 0 Å². The first kappa shape index (κ1) is 13.9. The zero-order chi connectivity index (χ0) is 15.0. The first-order valence-electron chi connectivity index (χ1n) is 7.41. The minimum absolute atomic E-state index is 0.0370. The van der Waals surface area contributed by atoms with Gasteiger partial charge in [-0.3, -0.25) is 4.79 Å². The van der Waals surface area contributed by atoms with E-state index in [0.717, 1.165) is 6.42 Å². The Morgan fingerprint density at radius 1 is 1.38 bits per heavy atom. The van der Waals surface area contributed by atoms with Crippen LogP contribution in [-0.4, -0.2) is 23.0 Å². The van der Waals surface area contributed by atoms with E-state index >= 15 is 0 Å². The summed E-state index contributed by atoms with van der Waals surface area (Å²) in [5.74, 6) is 0.756. The highest BCUT2D eigenvalue weighted by molar-refractivity contribution is 6.07. The summed E-state index contributed by atoms with van der Waals surface area (Å²) in [7, 11) is 0. The van der Waals surface area contributed by atoms with Crippen LogP contribution in [-0.2, 0) is 4.79 Å². The molecule has 2 aliphatic carbocycles. The monoisotopic (exact) mass is 287 g/mol. The van der Waals surface area contributed by atoms with Gasteiger partial charge in [0, 0.05) is 12.0 Å². The molecule has 0 bridgehead atoms. The second-order valence-electron chi connectivity index (χ2n) is 6.41. The van der Waals surface area contributed by atoms with Crippen molar-refractivity contribution in [2.24, 2.45) is 22.2 Å². The maximum atomic E-state index is 12.5. The molecule has 2 aliphatic rings. The summed E-state index contributed by atoms with van der Waals surface area (Å²) in [6, 6.07) is 10.3. The SMILES string of the molecule is CC1CC(C(=O)NC2CC2c2ccccc2)(/C(N)=N/O)C1. The van der Waals surface area contributed by atoms with Crippen LogP contribution < -0.4 is 11.1 Å². The molecule has 1 aromatic rings. The van der Waals surface area contributed by atoms with Crippen LogP contribution in [0, 0.1) is 11.3 Å². The number of rotatable bonds is 4. The van der Waals surface area contributed by atoms with Gasteiger partial charge in [-0.15, -0.1) is 0 Å². The molecule has 112 valence electrons. The number of amides is 1. The average molecular weight is 287 g/mol. The lowest BCUT2D eigenvalue weighted by atomic mass is 9.61. The standard InChI is InChI=1S/C16H21N3O2/c1-10-8-16(9-10,14(17)19-21)15(20)18-13-7-12(13)11-5-3-2-4-6-11/h2-6,10,12-13,21H,7-9H2,1H3,(H2,17,19)(H,18,20). The predicted octanol–water partition coefficient (Wildman–Crippen LogP) is 1.82. The maximum Gasteiger partial charge on any atom is 0.234 e. The highest BCUT2D eigenvalue weighted by Crippen LogP contribution is 2.47. The van der Waals surface area contributed by atoms with Gasteiger partial charge < -0.3 is 16.3 Å². The average Bonchev–Trinajstić information content (AvgIpc) is 3.22. The van der Waals surface area contributed by atoms with E-state index in [9.17, 15) is 4.79 Å². The van der Waals surface area contributed by atoms with Gasteiger partial charge in [0.2, 0.25) is 5.91 Å². The van der Waals surface area contributed by atoms with Gasteiger partial charge in [-0.1, -0.05) is 42.4 Å². The van der Waals surface area contributed by atoms with Crippen molar-refractivity contribution in [3.8, 4) is 0 Å². The van der Waals surface area contributed by atoms with E-state index < -0.39 is 5.41 Å². The number of oxime groups is 1. The zero-order valence-corrected chi connectivity index (χ0v) is 12.1. The number of carbonyl (C=O) groups excluding carboxylic acids is 1. The molecule has 2 atom stereocenters. The number of hydrogen-bond acceptors (Lipinski definition) is 3. The van der Waals surface area contributed by atoms with Gasteiger partial charge in [-0.05, 0) is 30.7 Å². The number of benzene rings is 1. The topological polar surface area (TPSA) is 87.7 Å². The Bertz CT molecular complexity index is 564. The third kappa shape index (κ3) is 2.37. The van der Waals surface area contributed by atoms with Crippen LogP contribution in [0.2, 0.25) is 0 Å². The number of nitrogens with two attached hydrogens (primary N) is 1. The van der Waals surface area contributed by atoms with Crippen molar-refractivity contribution in [3.63, 3.8) is 0 Å². The number of hydrogen-bond donors (Lipinski definition) is 3. The minimum Gasteiger partial charge on any atom is -0.409 e. The number of amidine groups is 1. The molecule has 0 aromatic heterocycles. The third-order valence-corrected chi connectivity index (χ3v) is 4.76. The molecular weight excluding hydrogens is 266 g/mol. The van der Waals surface area contributed by atoms with Gasteiger partial charge in [-0.2, -0.15) is 0 Å². The summed E-state index contributed by atoms with van der Waals surface area (Å²) >= 11 is 0. The summed E-state index contributed by atoms with van der Waals surface area (Å²) in [6.07, 6.45) is 2.26. The first-order chi connectivity index (χ1) is 10.1. The molecule has 4 N–H and O–H groups in total. The summed E-state index contributed by atoms with van der Waals surface area (Å²) in [5.41, 5.74) is 6.20. The van der Waals surface area contributed by atoms with Gasteiger partial charge >= 0.3 is 0 Å². The lowest BCUT2D eigenvalue weighted by Gasteiger charge is -2.43. The summed E-state index contributed by atoms with van der Waals surface area (Å²) in [4.78, 5) is 12.5. The molecule has 2 fully saturated rings. The molecule has 5 nitrogen and oxygen atoms in total. The van der Waals surface area contributed by atoms with Crippen molar-refractivity contribution in [1.82, 2.24) is 5.32 Å². The summed E-state index contributed by atoms with van der Waals surface area (Å²) < 4.78 is 0. The van der Waals surface area contributed by atoms with Crippen LogP contribution in [0.1, 0.15) is 37.7 Å². The van der Waals surface area contributed by atoms with E-state index in [4.69, 9.17) is 10.9 Å². The first-order valence-corrected chi connectivity index (χ1v) is 7.41. The van der Waals surface area contributed by atoms with Crippen molar-refractivity contribution in [1.29, 1.82) is 0 Å². The molecule has 2 unspecified atom stereocenters. The van der Waals surface area contributed by atoms with E-state index in [1.807, 2.05) is 18.2 Å². The number of nitrogens with one attached hydrogen (secondary N) is 1. The molecule has 0 spiro atoms. The fourth-order valence-electron chi connectivity index (χ4n) is 3.47. The molecule has 1 amide bonds. The molecular formula is C16H21N3O2. The van der Waals surface area contributed by atoms with E-state index in [1.165, 1.54) is 5.56 Å². The zero-order valence-electron chi connectivity index (χ0n) is 12.1. The van der Waals surface area contributed by atoms with Crippen molar-refractivity contribution in [3.05, 3.63) is 35.9 Å². The second kappa shape index (κ2) is 5.06. The van der Waals surface area contributed by atoms with Crippen LogP contribution >= 0.6 is 0 Å². The molecule has 0 saturated heterocycles. The number of carbonyl (C=O) groups is 1. The molecule has 0 aliphatic heterocycles. The van der Waals surface area contributed by atoms with Crippen LogP contribution in [0.15, 0.2) is 35.5 Å². The Balaban J connectivity index is 1.65. The van der Waals surface area contributed by atoms with Crippen LogP contribution in [0.25, 0.3) is 0 Å². The predicted molar refractivity (Wildman–Crippen MR) is 80.0 cm³/mol. The normalized spacial score (nSPS) is 34.9. The Morgan fingerprint density at radius 2 is 2.05 bits per heavy atom. The highest BCUT2D eigenvalue weighted by atomic mass is 16.4. The molecule has 5 heteroatoms. The number of nitrogens with zero attached hydrogens (tertiary/aromatic N) is 1. The molecule has 2 saturated carbocycles. The highest BCUT2D eigenvalue weighted by Gasteiger charge is 2.54. The maximum absolute atomic E-state index is 12.5. The second-order valence-corrected chi connectivity index (χ2v) is 6.41. The Labute approximate surface area is 124 Å². The van der Waals surface area contributed by atoms with E-state index in [2.05, 4.69) is 29.5 Å². The van der Waals surface area contributed by atoms with Gasteiger partial charge in [0.25, 0.3) is 0 Å². The minimum atomic E-state index is -0.808. The lowest BCUT2D eigenvalue weighted by molar-refractivity contribution is -0.133.